The van der Waals surface area contributed by atoms with Crippen LogP contribution in [-0.2, 0) is 4.79 Å². The number of aliphatic hydroxyl groups excluding tert-OH is 3. The Bertz CT molecular complexity index is 809. The number of hydrogen-bond acceptors (Lipinski definition) is 4. The van der Waals surface area contributed by atoms with E-state index in [1.54, 1.807) is 6.08 Å². The summed E-state index contributed by atoms with van der Waals surface area (Å²) < 4.78 is 0. The Morgan fingerprint density at radius 3 is 1.17 bits per heavy atom. The van der Waals surface area contributed by atoms with Gasteiger partial charge in [0.15, 0.2) is 0 Å². The van der Waals surface area contributed by atoms with Crippen LogP contribution in [0.25, 0.3) is 0 Å². The fraction of sp³-hybridized carbons (Fsp3) is 0.851. The van der Waals surface area contributed by atoms with Crippen LogP contribution in [0.1, 0.15) is 232 Å². The smallest absolute Gasteiger partial charge is 0.249 e. The van der Waals surface area contributed by atoms with Gasteiger partial charge in [-0.3, -0.25) is 4.79 Å². The second-order valence-corrected chi connectivity index (χ2v) is 15.6. The number of allylic oxidation sites excluding steroid dienone is 5. The first-order valence-corrected chi connectivity index (χ1v) is 22.8. The minimum Gasteiger partial charge on any atom is -0.394 e. The largest absolute Gasteiger partial charge is 0.394 e. The van der Waals surface area contributed by atoms with Gasteiger partial charge in [0.05, 0.1) is 18.8 Å². The van der Waals surface area contributed by atoms with Crippen molar-refractivity contribution in [3.8, 4) is 0 Å². The van der Waals surface area contributed by atoms with Crippen LogP contribution >= 0.6 is 0 Å². The molecule has 4 N–H and O–H groups in total. The molecule has 0 aliphatic heterocycles. The zero-order valence-corrected chi connectivity index (χ0v) is 34.7. The Morgan fingerprint density at radius 1 is 0.462 bits per heavy atom. The van der Waals surface area contributed by atoms with E-state index in [9.17, 15) is 20.1 Å². The highest BCUT2D eigenvalue weighted by atomic mass is 16.3. The molecule has 5 nitrogen and oxygen atoms in total. The lowest BCUT2D eigenvalue weighted by molar-refractivity contribution is -0.131. The van der Waals surface area contributed by atoms with Gasteiger partial charge in [-0.1, -0.05) is 224 Å². The highest BCUT2D eigenvalue weighted by molar-refractivity contribution is 5.80. The van der Waals surface area contributed by atoms with Crippen LogP contribution in [0.3, 0.4) is 0 Å². The molecule has 0 fully saturated rings. The van der Waals surface area contributed by atoms with Gasteiger partial charge in [0, 0.05) is 0 Å². The number of carbonyl (C=O) groups is 1. The van der Waals surface area contributed by atoms with Gasteiger partial charge < -0.3 is 20.6 Å². The van der Waals surface area contributed by atoms with Crippen LogP contribution in [0.15, 0.2) is 36.5 Å². The quantitative estimate of drug-likeness (QED) is 0.0372. The summed E-state index contributed by atoms with van der Waals surface area (Å²) in [6, 6.07) is -0.818. The molecule has 0 spiro atoms. The normalized spacial score (nSPS) is 13.9. The van der Waals surface area contributed by atoms with E-state index in [4.69, 9.17) is 0 Å². The lowest BCUT2D eigenvalue weighted by Gasteiger charge is -2.21. The van der Waals surface area contributed by atoms with Crippen LogP contribution < -0.4 is 5.32 Å². The summed E-state index contributed by atoms with van der Waals surface area (Å²) in [5.74, 6) is -0.515. The number of hydrogen-bond donors (Lipinski definition) is 4. The molecule has 0 saturated heterocycles. The third kappa shape index (κ3) is 36.9. The molecule has 3 unspecified atom stereocenters. The molecule has 0 radical (unpaired) electrons. The number of rotatable bonds is 41. The van der Waals surface area contributed by atoms with Crippen molar-refractivity contribution in [2.45, 2.75) is 250 Å². The van der Waals surface area contributed by atoms with Crippen LogP contribution in [0.4, 0.5) is 0 Å². The van der Waals surface area contributed by atoms with Gasteiger partial charge in [-0.15, -0.1) is 0 Å². The lowest BCUT2D eigenvalue weighted by atomic mass is 10.0. The molecule has 5 heteroatoms. The molecular formula is C47H89NO4. The monoisotopic (exact) mass is 732 g/mol. The van der Waals surface area contributed by atoms with E-state index < -0.39 is 24.2 Å². The standard InChI is InChI=1S/C47H89NO4/c1-3-5-7-9-11-13-15-17-19-21-23-24-26-28-30-32-34-36-38-40-42-46(51)47(52)48-44(43-49)45(50)41-39-37-35-33-31-29-27-25-22-20-18-16-14-12-10-8-6-4-2/h22,25,31,33,39,41,44-46,49-51H,3-21,23-24,26-30,32,34-38,40,42-43H2,1-2H3,(H,48,52)/b25-22+,33-31+,41-39+. The average Bonchev–Trinajstić information content (AvgIpc) is 3.15. The van der Waals surface area contributed by atoms with Crippen LogP contribution in [0, 0.1) is 0 Å². The van der Waals surface area contributed by atoms with E-state index >= 15 is 0 Å². The summed E-state index contributed by atoms with van der Waals surface area (Å²) >= 11 is 0. The van der Waals surface area contributed by atoms with Gasteiger partial charge >= 0.3 is 0 Å². The van der Waals surface area contributed by atoms with Crippen molar-refractivity contribution in [2.75, 3.05) is 6.61 Å². The zero-order chi connectivity index (χ0) is 38.0. The van der Waals surface area contributed by atoms with Gasteiger partial charge in [-0.05, 0) is 44.9 Å². The Morgan fingerprint density at radius 2 is 0.788 bits per heavy atom. The van der Waals surface area contributed by atoms with Crippen molar-refractivity contribution < 1.29 is 20.1 Å². The molecule has 0 saturated carbocycles. The van der Waals surface area contributed by atoms with Crippen molar-refractivity contribution >= 4 is 5.91 Å². The molecule has 0 rings (SSSR count). The minimum atomic E-state index is -1.11. The SMILES string of the molecule is CCCCCCCCCC/C=C/CC/C=C/CC/C=C/C(O)C(CO)NC(=O)C(O)CCCCCCCCCCCCCCCCCCCCCC. The van der Waals surface area contributed by atoms with Crippen molar-refractivity contribution in [3.05, 3.63) is 36.5 Å². The predicted octanol–water partition coefficient (Wildman–Crippen LogP) is 13.2. The summed E-state index contributed by atoms with van der Waals surface area (Å²) in [4.78, 5) is 12.5. The Balaban J connectivity index is 3.70. The van der Waals surface area contributed by atoms with E-state index in [0.29, 0.717) is 6.42 Å². The van der Waals surface area contributed by atoms with E-state index in [1.165, 1.54) is 167 Å². The first kappa shape index (κ1) is 50.6. The molecule has 3 atom stereocenters. The highest BCUT2D eigenvalue weighted by Gasteiger charge is 2.22. The molecule has 306 valence electrons. The summed E-state index contributed by atoms with van der Waals surface area (Å²) in [6.45, 7) is 4.17. The topological polar surface area (TPSA) is 89.8 Å². The van der Waals surface area contributed by atoms with Crippen molar-refractivity contribution in [2.24, 2.45) is 0 Å². The van der Waals surface area contributed by atoms with Gasteiger partial charge in [0.1, 0.15) is 6.10 Å². The molecule has 0 heterocycles. The molecule has 1 amide bonds. The first-order chi connectivity index (χ1) is 25.6. The van der Waals surface area contributed by atoms with Gasteiger partial charge in [0.25, 0.3) is 0 Å². The maximum atomic E-state index is 12.5. The zero-order valence-electron chi connectivity index (χ0n) is 34.7. The first-order valence-electron chi connectivity index (χ1n) is 22.8. The summed E-state index contributed by atoms with van der Waals surface area (Å²) in [5, 5.41) is 33.1. The van der Waals surface area contributed by atoms with E-state index in [-0.39, 0.29) is 6.61 Å². The summed E-state index contributed by atoms with van der Waals surface area (Å²) in [6.07, 6.45) is 53.2. The van der Waals surface area contributed by atoms with Crippen LogP contribution in [0.2, 0.25) is 0 Å². The van der Waals surface area contributed by atoms with Gasteiger partial charge in [-0.2, -0.15) is 0 Å². The van der Waals surface area contributed by atoms with Crippen LogP contribution in [-0.4, -0.2) is 46.1 Å². The predicted molar refractivity (Wildman–Crippen MR) is 227 cm³/mol. The second kappa shape index (κ2) is 42.3. The maximum absolute atomic E-state index is 12.5. The van der Waals surface area contributed by atoms with Gasteiger partial charge in [-0.25, -0.2) is 0 Å². The van der Waals surface area contributed by atoms with Crippen molar-refractivity contribution in [3.63, 3.8) is 0 Å². The second-order valence-electron chi connectivity index (χ2n) is 15.6. The van der Waals surface area contributed by atoms with Gasteiger partial charge in [0.2, 0.25) is 5.91 Å². The number of unbranched alkanes of at least 4 members (excludes halogenated alkanes) is 29. The lowest BCUT2D eigenvalue weighted by Crippen LogP contribution is -2.48. The summed E-state index contributed by atoms with van der Waals surface area (Å²) in [7, 11) is 0. The number of carbonyl (C=O) groups excluding carboxylic acids is 1. The molecular weight excluding hydrogens is 643 g/mol. The maximum Gasteiger partial charge on any atom is 0.249 e. The Labute approximate surface area is 324 Å². The highest BCUT2D eigenvalue weighted by Crippen LogP contribution is 2.16. The number of aliphatic hydroxyl groups is 3. The molecule has 52 heavy (non-hydrogen) atoms. The summed E-state index contributed by atoms with van der Waals surface area (Å²) in [5.41, 5.74) is 0. The Kier molecular flexibility index (Phi) is 41.1. The molecule has 0 aromatic rings. The molecule has 0 aromatic carbocycles. The third-order valence-corrected chi connectivity index (χ3v) is 10.5. The van der Waals surface area contributed by atoms with Crippen LogP contribution in [0.5, 0.6) is 0 Å². The van der Waals surface area contributed by atoms with E-state index in [2.05, 4.69) is 43.5 Å². The molecule has 0 aromatic heterocycles. The molecule has 0 aliphatic carbocycles. The third-order valence-electron chi connectivity index (χ3n) is 10.5. The van der Waals surface area contributed by atoms with E-state index in [1.807, 2.05) is 6.08 Å². The van der Waals surface area contributed by atoms with Crippen molar-refractivity contribution in [1.82, 2.24) is 5.32 Å². The average molecular weight is 732 g/mol. The molecule has 0 aliphatic rings. The minimum absolute atomic E-state index is 0.379. The number of amides is 1. The number of nitrogens with one attached hydrogen (secondary N) is 1. The van der Waals surface area contributed by atoms with Crippen molar-refractivity contribution in [1.29, 1.82) is 0 Å². The van der Waals surface area contributed by atoms with E-state index in [0.717, 1.165) is 44.9 Å². The fourth-order valence-electron chi connectivity index (χ4n) is 6.86. The fourth-order valence-corrected chi connectivity index (χ4v) is 6.86. The molecule has 0 bridgehead atoms. The Hall–Kier alpha value is -1.43.